The van der Waals surface area contributed by atoms with Crippen molar-refractivity contribution in [1.29, 1.82) is 0 Å². The molecule has 0 bridgehead atoms. The number of nitrogens with zero attached hydrogens (tertiary/aromatic N) is 2. The molecule has 0 N–H and O–H groups in total. The summed E-state index contributed by atoms with van der Waals surface area (Å²) in [5.74, 6) is 0.354. The third-order valence-electron chi connectivity index (χ3n) is 5.26. The number of rotatable bonds is 5. The number of hydrogen-bond donors (Lipinski definition) is 0. The first-order valence-corrected chi connectivity index (χ1v) is 9.40. The van der Waals surface area contributed by atoms with Crippen LogP contribution in [0.3, 0.4) is 0 Å². The average molecular weight is 411 g/mol. The molecule has 0 saturated carbocycles. The zero-order valence-electron chi connectivity index (χ0n) is 16.8. The molecule has 0 atom stereocenters. The molecule has 150 valence electrons. The van der Waals surface area contributed by atoms with Gasteiger partial charge in [0.1, 0.15) is 17.9 Å². The number of aryl methyl sites for hydroxylation is 2. The summed E-state index contributed by atoms with van der Waals surface area (Å²) in [5.41, 5.74) is 6.83. The summed E-state index contributed by atoms with van der Waals surface area (Å²) < 4.78 is 21.5. The van der Waals surface area contributed by atoms with Crippen molar-refractivity contribution in [1.82, 2.24) is 9.55 Å². The first-order valence-electron chi connectivity index (χ1n) is 9.40. The van der Waals surface area contributed by atoms with Gasteiger partial charge in [0.2, 0.25) is 5.88 Å². The molecule has 4 aromatic rings. The van der Waals surface area contributed by atoms with Crippen LogP contribution in [-0.2, 0) is 13.2 Å². The lowest BCUT2D eigenvalue weighted by atomic mass is 10.1. The highest BCUT2D eigenvalue weighted by atomic mass is 35.5. The van der Waals surface area contributed by atoms with Gasteiger partial charge in [-0.15, -0.1) is 12.4 Å². The molecule has 3 nitrogen and oxygen atoms in total. The van der Waals surface area contributed by atoms with E-state index < -0.39 is 0 Å². The van der Waals surface area contributed by atoms with E-state index >= 15 is 0 Å². The number of aromatic nitrogens is 2. The summed E-state index contributed by atoms with van der Waals surface area (Å²) in [6.07, 6.45) is 1.78. The van der Waals surface area contributed by atoms with Gasteiger partial charge in [-0.05, 0) is 55.7 Å². The molecule has 29 heavy (non-hydrogen) atoms. The van der Waals surface area contributed by atoms with Crippen molar-refractivity contribution >= 4 is 23.3 Å². The SMILES string of the molecule is Cc1ccc(Cn2c(C)c(C)c3ccnc(OCc4ccc(F)cc4)c32)cc1.Cl. The Morgan fingerprint density at radius 2 is 1.55 bits per heavy atom. The molecule has 0 amide bonds. The van der Waals surface area contributed by atoms with Crippen LogP contribution in [0.2, 0.25) is 0 Å². The minimum atomic E-state index is -0.248. The second-order valence-electron chi connectivity index (χ2n) is 7.21. The smallest absolute Gasteiger partial charge is 0.238 e. The standard InChI is InChI=1S/C24H23FN2O.ClH/c1-16-4-6-19(7-5-16)14-27-18(3)17(2)22-12-13-26-24(23(22)27)28-15-20-8-10-21(25)11-9-20;/h4-13H,14-15H2,1-3H3;1H. The lowest BCUT2D eigenvalue weighted by Crippen LogP contribution is -2.05. The fraction of sp³-hybridized carbons (Fsp3) is 0.208. The third-order valence-corrected chi connectivity index (χ3v) is 5.26. The van der Waals surface area contributed by atoms with Gasteiger partial charge in [-0.2, -0.15) is 0 Å². The Labute approximate surface area is 176 Å². The van der Waals surface area contributed by atoms with Crippen LogP contribution in [0.25, 0.3) is 10.9 Å². The Bertz CT molecular complexity index is 1120. The maximum Gasteiger partial charge on any atom is 0.238 e. The van der Waals surface area contributed by atoms with Crippen LogP contribution in [-0.4, -0.2) is 9.55 Å². The summed E-state index contributed by atoms with van der Waals surface area (Å²) >= 11 is 0. The van der Waals surface area contributed by atoms with Crippen LogP contribution in [0.5, 0.6) is 5.88 Å². The molecular formula is C24H24ClFN2O. The Kier molecular flexibility index (Phi) is 6.23. The molecule has 0 saturated heterocycles. The van der Waals surface area contributed by atoms with Gasteiger partial charge in [0.25, 0.3) is 0 Å². The molecule has 2 heterocycles. The van der Waals surface area contributed by atoms with Gasteiger partial charge in [-0.25, -0.2) is 9.37 Å². The second-order valence-corrected chi connectivity index (χ2v) is 7.21. The van der Waals surface area contributed by atoms with Gasteiger partial charge in [-0.1, -0.05) is 42.0 Å². The Balaban J connectivity index is 0.00000240. The predicted octanol–water partition coefficient (Wildman–Crippen LogP) is 6.15. The van der Waals surface area contributed by atoms with Crippen molar-refractivity contribution in [3.63, 3.8) is 0 Å². The first-order chi connectivity index (χ1) is 13.5. The maximum absolute atomic E-state index is 13.1. The van der Waals surface area contributed by atoms with Crippen molar-refractivity contribution in [3.05, 3.63) is 94.6 Å². The zero-order valence-corrected chi connectivity index (χ0v) is 17.6. The molecule has 2 aromatic heterocycles. The molecule has 0 radical (unpaired) electrons. The van der Waals surface area contributed by atoms with E-state index in [0.717, 1.165) is 23.0 Å². The minimum absolute atomic E-state index is 0. The summed E-state index contributed by atoms with van der Waals surface area (Å²) in [4.78, 5) is 4.49. The normalized spacial score (nSPS) is 10.8. The van der Waals surface area contributed by atoms with Crippen LogP contribution in [0, 0.1) is 26.6 Å². The van der Waals surface area contributed by atoms with E-state index in [4.69, 9.17) is 4.74 Å². The predicted molar refractivity (Wildman–Crippen MR) is 117 cm³/mol. The van der Waals surface area contributed by atoms with Crippen molar-refractivity contribution in [2.45, 2.75) is 33.9 Å². The fourth-order valence-electron chi connectivity index (χ4n) is 3.47. The third kappa shape index (κ3) is 4.28. The van der Waals surface area contributed by atoms with Gasteiger partial charge < -0.3 is 9.30 Å². The van der Waals surface area contributed by atoms with E-state index in [1.54, 1.807) is 18.3 Å². The van der Waals surface area contributed by atoms with Gasteiger partial charge in [0.15, 0.2) is 0 Å². The lowest BCUT2D eigenvalue weighted by Gasteiger charge is -2.12. The molecule has 0 aliphatic heterocycles. The minimum Gasteiger partial charge on any atom is -0.471 e. The molecule has 4 rings (SSSR count). The van der Waals surface area contributed by atoms with Gasteiger partial charge in [0, 0.05) is 23.8 Å². The highest BCUT2D eigenvalue weighted by Crippen LogP contribution is 2.32. The Morgan fingerprint density at radius 1 is 0.897 bits per heavy atom. The second kappa shape index (κ2) is 8.66. The molecular weight excluding hydrogens is 387 g/mol. The van der Waals surface area contributed by atoms with Crippen molar-refractivity contribution in [2.75, 3.05) is 0 Å². The number of hydrogen-bond acceptors (Lipinski definition) is 2. The quantitative estimate of drug-likeness (QED) is 0.394. The summed E-state index contributed by atoms with van der Waals surface area (Å²) in [6, 6.07) is 17.0. The lowest BCUT2D eigenvalue weighted by molar-refractivity contribution is 0.296. The first kappa shape index (κ1) is 20.9. The van der Waals surface area contributed by atoms with Gasteiger partial charge in [-0.3, -0.25) is 0 Å². The monoisotopic (exact) mass is 410 g/mol. The highest BCUT2D eigenvalue weighted by molar-refractivity contribution is 5.89. The van der Waals surface area contributed by atoms with Crippen molar-refractivity contribution in [2.24, 2.45) is 0 Å². The number of halogens is 2. The number of pyridine rings is 1. The molecule has 0 aliphatic carbocycles. The largest absolute Gasteiger partial charge is 0.471 e. The van der Waals surface area contributed by atoms with Crippen LogP contribution in [0.4, 0.5) is 4.39 Å². The van der Waals surface area contributed by atoms with Crippen LogP contribution in [0.1, 0.15) is 27.9 Å². The average Bonchev–Trinajstić information content (AvgIpc) is 2.95. The summed E-state index contributed by atoms with van der Waals surface area (Å²) in [6.45, 7) is 7.46. The summed E-state index contributed by atoms with van der Waals surface area (Å²) in [7, 11) is 0. The Morgan fingerprint density at radius 3 is 2.24 bits per heavy atom. The van der Waals surface area contributed by atoms with E-state index in [0.29, 0.717) is 12.5 Å². The van der Waals surface area contributed by atoms with E-state index in [2.05, 4.69) is 54.6 Å². The van der Waals surface area contributed by atoms with Crippen molar-refractivity contribution in [3.8, 4) is 5.88 Å². The van der Waals surface area contributed by atoms with Gasteiger partial charge in [0.05, 0.1) is 0 Å². The Hall–Kier alpha value is -2.85. The summed E-state index contributed by atoms with van der Waals surface area (Å²) in [5, 5.41) is 1.15. The number of ether oxygens (including phenoxy) is 1. The molecule has 5 heteroatoms. The fourth-order valence-corrected chi connectivity index (χ4v) is 3.47. The molecule has 0 unspecified atom stereocenters. The topological polar surface area (TPSA) is 27.1 Å². The molecule has 0 fully saturated rings. The van der Waals surface area contributed by atoms with Crippen LogP contribution in [0.15, 0.2) is 60.8 Å². The van der Waals surface area contributed by atoms with E-state index in [-0.39, 0.29) is 18.2 Å². The van der Waals surface area contributed by atoms with E-state index in [1.165, 1.54) is 34.5 Å². The zero-order chi connectivity index (χ0) is 19.7. The molecule has 2 aromatic carbocycles. The number of benzene rings is 2. The van der Waals surface area contributed by atoms with Crippen LogP contribution >= 0.6 is 12.4 Å². The van der Waals surface area contributed by atoms with Crippen molar-refractivity contribution < 1.29 is 9.13 Å². The maximum atomic E-state index is 13.1. The van der Waals surface area contributed by atoms with E-state index in [1.807, 2.05) is 6.07 Å². The van der Waals surface area contributed by atoms with E-state index in [9.17, 15) is 4.39 Å². The number of fused-ring (bicyclic) bond motifs is 1. The van der Waals surface area contributed by atoms with Crippen LogP contribution < -0.4 is 4.74 Å². The molecule has 0 aliphatic rings. The highest BCUT2D eigenvalue weighted by Gasteiger charge is 2.16. The van der Waals surface area contributed by atoms with Gasteiger partial charge >= 0.3 is 0 Å². The molecule has 0 spiro atoms.